The van der Waals surface area contributed by atoms with Crippen molar-refractivity contribution in [3.8, 4) is 0 Å². The largest absolute Gasteiger partial charge is 0.397 e. The zero-order chi connectivity index (χ0) is 11.6. The lowest BCUT2D eigenvalue weighted by Crippen LogP contribution is -2.19. The molecule has 0 aliphatic rings. The van der Waals surface area contributed by atoms with Gasteiger partial charge in [0.2, 0.25) is 0 Å². The third kappa shape index (κ3) is 2.43. The number of anilines is 2. The molecule has 0 aromatic heterocycles. The van der Waals surface area contributed by atoms with E-state index in [1.807, 2.05) is 25.1 Å². The molecule has 0 aliphatic carbocycles. The highest BCUT2D eigenvalue weighted by molar-refractivity contribution is 7.98. The maximum Gasteiger partial charge on any atom is 0.0595 e. The monoisotopic (exact) mass is 227 g/mol. The first-order chi connectivity index (χ1) is 6.88. The zero-order valence-electron chi connectivity index (χ0n) is 9.28. The number of nitrogens with two attached hydrogens (primary N) is 1. The summed E-state index contributed by atoms with van der Waals surface area (Å²) in [4.78, 5) is 2.52. The molecule has 0 radical (unpaired) electrons. The zero-order valence-corrected chi connectivity index (χ0v) is 10.1. The molecule has 4 nitrogen and oxygen atoms in total. The number of benzene rings is 1. The molecule has 0 amide bonds. The molecule has 15 heavy (non-hydrogen) atoms. The fourth-order valence-electron chi connectivity index (χ4n) is 1.26. The van der Waals surface area contributed by atoms with Gasteiger partial charge < -0.3 is 10.6 Å². The van der Waals surface area contributed by atoms with Crippen molar-refractivity contribution in [1.82, 2.24) is 4.72 Å². The van der Waals surface area contributed by atoms with Crippen LogP contribution in [0.3, 0.4) is 0 Å². The van der Waals surface area contributed by atoms with Gasteiger partial charge in [-0.2, -0.15) is 0 Å². The Bertz CT molecular complexity index is 452. The van der Waals surface area contributed by atoms with E-state index < -0.39 is 9.71 Å². The molecule has 0 bridgehead atoms. The maximum absolute atomic E-state index is 11.9. The van der Waals surface area contributed by atoms with E-state index in [-0.39, 0.29) is 0 Å². The summed E-state index contributed by atoms with van der Waals surface area (Å²) in [6.07, 6.45) is 0. The Morgan fingerprint density at radius 1 is 1.47 bits per heavy atom. The number of nitrogens with one attached hydrogen (secondary N) is 1. The first-order valence-electron chi connectivity index (χ1n) is 4.51. The Kier molecular flexibility index (Phi) is 3.26. The summed E-state index contributed by atoms with van der Waals surface area (Å²) in [7, 11) is 3.02. The quantitative estimate of drug-likeness (QED) is 0.585. The minimum Gasteiger partial charge on any atom is -0.397 e. The summed E-state index contributed by atoms with van der Waals surface area (Å²) in [5.41, 5.74) is 7.36. The lowest BCUT2D eigenvalue weighted by molar-refractivity contribution is 0.676. The van der Waals surface area contributed by atoms with Crippen molar-refractivity contribution in [1.29, 1.82) is 0 Å². The molecule has 0 spiro atoms. The van der Waals surface area contributed by atoms with Gasteiger partial charge in [-0.3, -0.25) is 0 Å². The third-order valence-corrected chi connectivity index (χ3v) is 3.87. The standard InChI is InChI=1S/C10H17N3OS/c1-12-15(4,14)8-5-6-10(13(2)3)9(11)7-8/h5-7H,4,11H2,1-3H3,(H,12,14). The van der Waals surface area contributed by atoms with Gasteiger partial charge in [0.05, 0.1) is 21.1 Å². The number of rotatable bonds is 3. The predicted octanol–water partition coefficient (Wildman–Crippen LogP) is 0.544. The van der Waals surface area contributed by atoms with Crippen molar-refractivity contribution in [2.24, 2.45) is 0 Å². The second kappa shape index (κ2) is 4.12. The summed E-state index contributed by atoms with van der Waals surface area (Å²) < 4.78 is 14.6. The molecule has 1 aromatic rings. The highest BCUT2D eigenvalue weighted by Crippen LogP contribution is 2.24. The van der Waals surface area contributed by atoms with E-state index >= 15 is 0 Å². The SMILES string of the molecule is C=S(=O)(NC)c1ccc(N(C)C)c(N)c1. The molecule has 0 saturated carbocycles. The highest BCUT2D eigenvalue weighted by atomic mass is 32.2. The lowest BCUT2D eigenvalue weighted by atomic mass is 10.2. The summed E-state index contributed by atoms with van der Waals surface area (Å²) >= 11 is 0. The van der Waals surface area contributed by atoms with Gasteiger partial charge in [-0.15, -0.1) is 0 Å². The van der Waals surface area contributed by atoms with E-state index in [0.717, 1.165) is 5.69 Å². The molecule has 1 atom stereocenters. The maximum atomic E-state index is 11.9. The van der Waals surface area contributed by atoms with Crippen LogP contribution in [-0.2, 0) is 9.71 Å². The van der Waals surface area contributed by atoms with Crippen molar-refractivity contribution in [2.45, 2.75) is 4.90 Å². The van der Waals surface area contributed by atoms with Gasteiger partial charge in [-0.05, 0) is 31.1 Å². The predicted molar refractivity (Wildman–Crippen MR) is 67.8 cm³/mol. The van der Waals surface area contributed by atoms with E-state index in [4.69, 9.17) is 5.73 Å². The van der Waals surface area contributed by atoms with Crippen LogP contribution in [0.15, 0.2) is 23.1 Å². The molecule has 0 heterocycles. The molecule has 1 rings (SSSR count). The van der Waals surface area contributed by atoms with Crippen LogP contribution in [0.4, 0.5) is 11.4 Å². The summed E-state index contributed by atoms with van der Waals surface area (Å²) in [5, 5.41) is 0. The van der Waals surface area contributed by atoms with Gasteiger partial charge in [0.25, 0.3) is 0 Å². The Hall–Kier alpha value is -1.20. The summed E-state index contributed by atoms with van der Waals surface area (Å²) in [6, 6.07) is 5.31. The Morgan fingerprint density at radius 3 is 2.47 bits per heavy atom. The van der Waals surface area contributed by atoms with E-state index in [2.05, 4.69) is 10.6 Å². The molecule has 3 N–H and O–H groups in total. The van der Waals surface area contributed by atoms with Crippen LogP contribution in [0.5, 0.6) is 0 Å². The van der Waals surface area contributed by atoms with Gasteiger partial charge in [-0.1, -0.05) is 0 Å². The van der Waals surface area contributed by atoms with E-state index in [1.54, 1.807) is 19.2 Å². The first-order valence-corrected chi connectivity index (χ1v) is 6.24. The number of hydrogen-bond donors (Lipinski definition) is 2. The van der Waals surface area contributed by atoms with Gasteiger partial charge in [-0.25, -0.2) is 8.93 Å². The fraction of sp³-hybridized carbons (Fsp3) is 0.300. The van der Waals surface area contributed by atoms with Crippen molar-refractivity contribution in [2.75, 3.05) is 31.8 Å². The van der Waals surface area contributed by atoms with Crippen molar-refractivity contribution in [3.05, 3.63) is 18.2 Å². The van der Waals surface area contributed by atoms with Crippen molar-refractivity contribution < 1.29 is 4.21 Å². The van der Waals surface area contributed by atoms with Gasteiger partial charge in [0.1, 0.15) is 0 Å². The number of hydrogen-bond acceptors (Lipinski definition) is 3. The van der Waals surface area contributed by atoms with Crippen molar-refractivity contribution in [3.63, 3.8) is 0 Å². The molecule has 84 valence electrons. The van der Waals surface area contributed by atoms with E-state index in [9.17, 15) is 4.21 Å². The normalized spacial score (nSPS) is 14.6. The van der Waals surface area contributed by atoms with Crippen LogP contribution in [0.1, 0.15) is 0 Å². The van der Waals surface area contributed by atoms with Crippen LogP contribution in [0.2, 0.25) is 0 Å². The Balaban J connectivity index is 3.24. The average molecular weight is 227 g/mol. The van der Waals surface area contributed by atoms with Gasteiger partial charge in [0, 0.05) is 19.0 Å². The first kappa shape index (κ1) is 11.9. The lowest BCUT2D eigenvalue weighted by Gasteiger charge is -2.17. The minimum absolute atomic E-state index is 0.601. The van der Waals surface area contributed by atoms with Gasteiger partial charge in [0.15, 0.2) is 0 Å². The van der Waals surface area contributed by atoms with E-state index in [1.165, 1.54) is 0 Å². The van der Waals surface area contributed by atoms with E-state index in [0.29, 0.717) is 10.6 Å². The molecular weight excluding hydrogens is 210 g/mol. The summed E-state index contributed by atoms with van der Waals surface area (Å²) in [5.74, 6) is 3.62. The third-order valence-electron chi connectivity index (χ3n) is 2.19. The molecule has 0 aliphatic heterocycles. The highest BCUT2D eigenvalue weighted by Gasteiger charge is 2.08. The molecule has 1 aromatic carbocycles. The molecule has 0 saturated heterocycles. The summed E-state index contributed by atoms with van der Waals surface area (Å²) in [6.45, 7) is 0. The van der Waals surface area contributed by atoms with Crippen LogP contribution in [0, 0.1) is 0 Å². The van der Waals surface area contributed by atoms with Crippen LogP contribution in [-0.4, -0.2) is 31.2 Å². The van der Waals surface area contributed by atoms with Crippen LogP contribution in [0.25, 0.3) is 0 Å². The minimum atomic E-state index is -2.41. The van der Waals surface area contributed by atoms with Crippen LogP contribution >= 0.6 is 0 Å². The number of nitrogens with zero attached hydrogens (tertiary/aromatic N) is 1. The Morgan fingerprint density at radius 2 is 2.07 bits per heavy atom. The molecule has 5 heteroatoms. The molecule has 1 unspecified atom stereocenters. The topological polar surface area (TPSA) is 58.4 Å². The van der Waals surface area contributed by atoms with Gasteiger partial charge >= 0.3 is 0 Å². The second-order valence-electron chi connectivity index (χ2n) is 3.49. The Labute approximate surface area is 91.2 Å². The smallest absolute Gasteiger partial charge is 0.0595 e. The molecular formula is C10H17N3OS. The fourth-order valence-corrected chi connectivity index (χ4v) is 2.10. The number of nitrogen functional groups attached to an aromatic ring is 1. The average Bonchev–Trinajstić information content (AvgIpc) is 2.17. The second-order valence-corrected chi connectivity index (χ2v) is 5.72. The molecule has 0 fully saturated rings. The van der Waals surface area contributed by atoms with Crippen LogP contribution < -0.4 is 15.4 Å². The van der Waals surface area contributed by atoms with Crippen molar-refractivity contribution >= 4 is 27.0 Å².